The maximum atomic E-state index is 3.46. The molecule has 0 heterocycles. The summed E-state index contributed by atoms with van der Waals surface area (Å²) in [5, 5.41) is 3.46. The Morgan fingerprint density at radius 1 is 1.31 bits per heavy atom. The van der Waals surface area contributed by atoms with Crippen LogP contribution in [0.4, 0.5) is 0 Å². The zero-order valence-corrected chi connectivity index (χ0v) is 9.47. The average Bonchev–Trinajstić information content (AvgIpc) is 2.16. The molecule has 1 N–H and O–H groups in total. The number of hydrogen-bond acceptors (Lipinski definition) is 1. The molecule has 1 aliphatic rings. The molecule has 78 valence electrons. The van der Waals surface area contributed by atoms with E-state index in [4.69, 9.17) is 0 Å². The largest absolute Gasteiger partial charge is 0.317 e. The summed E-state index contributed by atoms with van der Waals surface area (Å²) in [5.41, 5.74) is 0. The third-order valence-corrected chi connectivity index (χ3v) is 3.64. The van der Waals surface area contributed by atoms with Crippen molar-refractivity contribution in [1.29, 1.82) is 0 Å². The predicted molar refractivity (Wildman–Crippen MR) is 58.9 cm³/mol. The second kappa shape index (κ2) is 5.64. The van der Waals surface area contributed by atoms with Crippen molar-refractivity contribution in [2.45, 2.75) is 58.4 Å². The van der Waals surface area contributed by atoms with Crippen LogP contribution in [0, 0.1) is 11.8 Å². The SMILES string of the molecule is CCCCC1CCC(C)C(NC)C1. The van der Waals surface area contributed by atoms with Crippen molar-refractivity contribution in [3.8, 4) is 0 Å². The van der Waals surface area contributed by atoms with Gasteiger partial charge >= 0.3 is 0 Å². The first-order chi connectivity index (χ1) is 6.27. The van der Waals surface area contributed by atoms with E-state index in [-0.39, 0.29) is 0 Å². The topological polar surface area (TPSA) is 12.0 Å². The van der Waals surface area contributed by atoms with Gasteiger partial charge in [0.25, 0.3) is 0 Å². The van der Waals surface area contributed by atoms with Crippen molar-refractivity contribution in [3.05, 3.63) is 0 Å². The molecule has 1 saturated carbocycles. The first-order valence-electron chi connectivity index (χ1n) is 5.95. The Kier molecular flexibility index (Phi) is 4.79. The first-order valence-corrected chi connectivity index (χ1v) is 5.95. The van der Waals surface area contributed by atoms with E-state index in [2.05, 4.69) is 26.2 Å². The van der Waals surface area contributed by atoms with E-state index in [1.807, 2.05) is 0 Å². The molecule has 3 unspecified atom stereocenters. The van der Waals surface area contributed by atoms with Crippen molar-refractivity contribution in [2.24, 2.45) is 11.8 Å². The van der Waals surface area contributed by atoms with Crippen LogP contribution in [0.3, 0.4) is 0 Å². The van der Waals surface area contributed by atoms with Gasteiger partial charge < -0.3 is 5.32 Å². The fraction of sp³-hybridized carbons (Fsp3) is 1.00. The van der Waals surface area contributed by atoms with Crippen molar-refractivity contribution in [3.63, 3.8) is 0 Å². The van der Waals surface area contributed by atoms with Gasteiger partial charge in [-0.15, -0.1) is 0 Å². The highest BCUT2D eigenvalue weighted by molar-refractivity contribution is 4.81. The lowest BCUT2D eigenvalue weighted by Gasteiger charge is -2.34. The molecular formula is C12H25N. The van der Waals surface area contributed by atoms with E-state index in [0.29, 0.717) is 0 Å². The number of unbranched alkanes of at least 4 members (excludes halogenated alkanes) is 1. The van der Waals surface area contributed by atoms with E-state index >= 15 is 0 Å². The summed E-state index contributed by atoms with van der Waals surface area (Å²) in [6.45, 7) is 4.68. The second-order valence-electron chi connectivity index (χ2n) is 4.69. The van der Waals surface area contributed by atoms with Crippen LogP contribution in [-0.4, -0.2) is 13.1 Å². The van der Waals surface area contributed by atoms with E-state index < -0.39 is 0 Å². The van der Waals surface area contributed by atoms with Crippen LogP contribution >= 0.6 is 0 Å². The van der Waals surface area contributed by atoms with E-state index in [1.165, 1.54) is 38.5 Å². The molecule has 3 atom stereocenters. The molecule has 1 heteroatoms. The van der Waals surface area contributed by atoms with Gasteiger partial charge in [0.2, 0.25) is 0 Å². The number of hydrogen-bond donors (Lipinski definition) is 1. The third kappa shape index (κ3) is 3.30. The number of nitrogens with one attached hydrogen (secondary N) is 1. The fourth-order valence-electron chi connectivity index (χ4n) is 2.57. The van der Waals surface area contributed by atoms with Crippen LogP contribution < -0.4 is 5.32 Å². The summed E-state index contributed by atoms with van der Waals surface area (Å²) in [4.78, 5) is 0. The van der Waals surface area contributed by atoms with Crippen LogP contribution in [-0.2, 0) is 0 Å². The summed E-state index contributed by atoms with van der Waals surface area (Å²) in [6.07, 6.45) is 8.56. The normalized spacial score (nSPS) is 34.8. The second-order valence-corrected chi connectivity index (χ2v) is 4.69. The highest BCUT2D eigenvalue weighted by atomic mass is 14.9. The quantitative estimate of drug-likeness (QED) is 0.706. The Hall–Kier alpha value is -0.0400. The Labute approximate surface area is 83.3 Å². The monoisotopic (exact) mass is 183 g/mol. The van der Waals surface area contributed by atoms with E-state index in [0.717, 1.165) is 17.9 Å². The molecule has 0 bridgehead atoms. The van der Waals surface area contributed by atoms with Gasteiger partial charge in [-0.25, -0.2) is 0 Å². The van der Waals surface area contributed by atoms with Gasteiger partial charge in [0.1, 0.15) is 0 Å². The molecule has 0 amide bonds. The molecule has 0 radical (unpaired) electrons. The van der Waals surface area contributed by atoms with Crippen molar-refractivity contribution in [1.82, 2.24) is 5.32 Å². The van der Waals surface area contributed by atoms with Crippen molar-refractivity contribution in [2.75, 3.05) is 7.05 Å². The molecule has 0 aromatic heterocycles. The molecule has 0 aromatic carbocycles. The average molecular weight is 183 g/mol. The van der Waals surface area contributed by atoms with Gasteiger partial charge in [-0.3, -0.25) is 0 Å². The number of rotatable bonds is 4. The minimum atomic E-state index is 0.788. The van der Waals surface area contributed by atoms with Crippen molar-refractivity contribution >= 4 is 0 Å². The summed E-state index contributed by atoms with van der Waals surface area (Å²) >= 11 is 0. The van der Waals surface area contributed by atoms with Crippen molar-refractivity contribution < 1.29 is 0 Å². The molecule has 1 fully saturated rings. The Morgan fingerprint density at radius 3 is 2.69 bits per heavy atom. The smallest absolute Gasteiger partial charge is 0.00923 e. The molecule has 0 spiro atoms. The minimum Gasteiger partial charge on any atom is -0.317 e. The minimum absolute atomic E-state index is 0.788. The zero-order chi connectivity index (χ0) is 9.68. The molecule has 1 aliphatic carbocycles. The molecule has 0 aromatic rings. The summed E-state index contributed by atoms with van der Waals surface area (Å²) in [6, 6.07) is 0.788. The summed E-state index contributed by atoms with van der Waals surface area (Å²) < 4.78 is 0. The maximum absolute atomic E-state index is 3.46. The van der Waals surface area contributed by atoms with E-state index in [1.54, 1.807) is 0 Å². The van der Waals surface area contributed by atoms with Gasteiger partial charge in [0.15, 0.2) is 0 Å². The van der Waals surface area contributed by atoms with Crippen LogP contribution in [0.25, 0.3) is 0 Å². The molecule has 1 rings (SSSR count). The van der Waals surface area contributed by atoms with Gasteiger partial charge in [-0.1, -0.05) is 39.5 Å². The van der Waals surface area contributed by atoms with Gasteiger partial charge in [-0.2, -0.15) is 0 Å². The summed E-state index contributed by atoms with van der Waals surface area (Å²) in [5.74, 6) is 1.90. The Morgan fingerprint density at radius 2 is 2.08 bits per heavy atom. The zero-order valence-electron chi connectivity index (χ0n) is 9.47. The molecular weight excluding hydrogens is 158 g/mol. The highest BCUT2D eigenvalue weighted by Gasteiger charge is 2.25. The molecule has 13 heavy (non-hydrogen) atoms. The molecule has 1 nitrogen and oxygen atoms in total. The lowest BCUT2D eigenvalue weighted by atomic mass is 9.77. The molecule has 0 saturated heterocycles. The first kappa shape index (κ1) is 11.0. The lowest BCUT2D eigenvalue weighted by molar-refractivity contribution is 0.215. The maximum Gasteiger partial charge on any atom is 0.00923 e. The highest BCUT2D eigenvalue weighted by Crippen LogP contribution is 2.31. The van der Waals surface area contributed by atoms with Gasteiger partial charge in [0, 0.05) is 6.04 Å². The van der Waals surface area contributed by atoms with Crippen LogP contribution in [0.1, 0.15) is 52.4 Å². The van der Waals surface area contributed by atoms with E-state index in [9.17, 15) is 0 Å². The Balaban J connectivity index is 2.27. The summed E-state index contributed by atoms with van der Waals surface area (Å²) in [7, 11) is 2.11. The van der Waals surface area contributed by atoms with Crippen LogP contribution in [0.5, 0.6) is 0 Å². The Bertz CT molecular complexity index is 131. The predicted octanol–water partition coefficient (Wildman–Crippen LogP) is 3.20. The lowest BCUT2D eigenvalue weighted by Crippen LogP contribution is -2.37. The standard InChI is InChI=1S/C12H25N/c1-4-5-6-11-8-7-10(2)12(9-11)13-3/h10-13H,4-9H2,1-3H3. The van der Waals surface area contributed by atoms with Gasteiger partial charge in [-0.05, 0) is 31.7 Å². The van der Waals surface area contributed by atoms with Crippen LogP contribution in [0.2, 0.25) is 0 Å². The molecule has 0 aliphatic heterocycles. The fourth-order valence-corrected chi connectivity index (χ4v) is 2.57. The van der Waals surface area contributed by atoms with Gasteiger partial charge in [0.05, 0.1) is 0 Å². The third-order valence-electron chi connectivity index (χ3n) is 3.64. The van der Waals surface area contributed by atoms with Crippen LogP contribution in [0.15, 0.2) is 0 Å².